The number of rotatable bonds is 4. The molecule has 0 saturated heterocycles. The third-order valence-corrected chi connectivity index (χ3v) is 4.21. The molecule has 1 heterocycles. The maximum absolute atomic E-state index is 12.9. The van der Waals surface area contributed by atoms with E-state index in [-0.39, 0.29) is 5.91 Å². The van der Waals surface area contributed by atoms with Crippen LogP contribution in [0.25, 0.3) is 10.9 Å². The number of aromatic nitrogens is 1. The molecular weight excluding hydrogens is 304 g/mol. The van der Waals surface area contributed by atoms with Crippen LogP contribution in [0.2, 0.25) is 0 Å². The smallest absolute Gasteiger partial charge is 0.274 e. The van der Waals surface area contributed by atoms with Crippen LogP contribution in [-0.4, -0.2) is 31.7 Å². The van der Waals surface area contributed by atoms with Gasteiger partial charge in [-0.25, -0.2) is 0 Å². The van der Waals surface area contributed by atoms with E-state index in [1.54, 1.807) is 26.2 Å². The number of ether oxygens (including phenoxy) is 2. The van der Waals surface area contributed by atoms with Crippen molar-refractivity contribution in [3.63, 3.8) is 0 Å². The lowest BCUT2D eigenvalue weighted by atomic mass is 10.2. The number of carbonyl (C=O) groups is 1. The number of hydrogen-bond acceptors (Lipinski definition) is 3. The fourth-order valence-electron chi connectivity index (χ4n) is 2.77. The van der Waals surface area contributed by atoms with E-state index in [2.05, 4.69) is 0 Å². The number of benzene rings is 2. The van der Waals surface area contributed by atoms with Crippen molar-refractivity contribution in [1.82, 2.24) is 4.57 Å². The molecule has 0 saturated carbocycles. The first-order valence-corrected chi connectivity index (χ1v) is 7.60. The van der Waals surface area contributed by atoms with E-state index in [1.807, 2.05) is 60.1 Å². The third-order valence-electron chi connectivity index (χ3n) is 4.21. The standard InChI is InChI=1S/C19H20N2O3/c1-20(14-6-5-7-15(12-14)23-3)19(22)18-11-13-10-16(24-4)8-9-17(13)21(18)2/h5-12H,1-4H3. The lowest BCUT2D eigenvalue weighted by molar-refractivity contribution is 0.0985. The number of anilines is 1. The van der Waals surface area contributed by atoms with E-state index in [0.717, 1.165) is 22.3 Å². The minimum absolute atomic E-state index is 0.0825. The Bertz CT molecular complexity index is 899. The van der Waals surface area contributed by atoms with Gasteiger partial charge in [0, 0.05) is 36.8 Å². The summed E-state index contributed by atoms with van der Waals surface area (Å²) in [6, 6.07) is 15.1. The summed E-state index contributed by atoms with van der Waals surface area (Å²) in [6.07, 6.45) is 0. The number of nitrogens with zero attached hydrogens (tertiary/aromatic N) is 2. The summed E-state index contributed by atoms with van der Waals surface area (Å²) in [7, 11) is 6.89. The van der Waals surface area contributed by atoms with Crippen molar-refractivity contribution in [2.45, 2.75) is 0 Å². The van der Waals surface area contributed by atoms with Crippen LogP contribution in [0.5, 0.6) is 11.5 Å². The van der Waals surface area contributed by atoms with Crippen molar-refractivity contribution in [2.24, 2.45) is 7.05 Å². The molecule has 0 aliphatic rings. The molecule has 0 unspecified atom stereocenters. The molecular formula is C19H20N2O3. The third kappa shape index (κ3) is 2.69. The Labute approximate surface area is 141 Å². The normalized spacial score (nSPS) is 10.7. The average molecular weight is 324 g/mol. The number of fused-ring (bicyclic) bond motifs is 1. The molecule has 24 heavy (non-hydrogen) atoms. The molecule has 0 fully saturated rings. The summed E-state index contributed by atoms with van der Waals surface area (Å²) < 4.78 is 12.4. The van der Waals surface area contributed by atoms with Crippen molar-refractivity contribution in [3.05, 3.63) is 54.2 Å². The zero-order chi connectivity index (χ0) is 17.3. The van der Waals surface area contributed by atoms with Gasteiger partial charge in [-0.2, -0.15) is 0 Å². The largest absolute Gasteiger partial charge is 0.497 e. The van der Waals surface area contributed by atoms with Crippen LogP contribution in [0.1, 0.15) is 10.5 Å². The van der Waals surface area contributed by atoms with Gasteiger partial charge in [-0.3, -0.25) is 4.79 Å². The topological polar surface area (TPSA) is 43.7 Å². The summed E-state index contributed by atoms with van der Waals surface area (Å²) in [5.41, 5.74) is 2.38. The second-order valence-electron chi connectivity index (χ2n) is 5.58. The van der Waals surface area contributed by atoms with Gasteiger partial charge in [-0.1, -0.05) is 6.07 Å². The fraction of sp³-hybridized carbons (Fsp3) is 0.211. The molecule has 0 bridgehead atoms. The Morgan fingerprint density at radius 3 is 2.42 bits per heavy atom. The molecule has 3 aromatic rings. The van der Waals surface area contributed by atoms with E-state index in [4.69, 9.17) is 9.47 Å². The van der Waals surface area contributed by atoms with Crippen molar-refractivity contribution >= 4 is 22.5 Å². The number of methoxy groups -OCH3 is 2. The van der Waals surface area contributed by atoms with E-state index in [0.29, 0.717) is 11.4 Å². The molecule has 5 nitrogen and oxygen atoms in total. The molecule has 0 radical (unpaired) electrons. The lowest BCUT2D eigenvalue weighted by Gasteiger charge is -2.18. The van der Waals surface area contributed by atoms with E-state index in [9.17, 15) is 4.79 Å². The van der Waals surface area contributed by atoms with E-state index < -0.39 is 0 Å². The Morgan fingerprint density at radius 1 is 1.00 bits per heavy atom. The second-order valence-corrected chi connectivity index (χ2v) is 5.58. The highest BCUT2D eigenvalue weighted by Crippen LogP contribution is 2.26. The predicted molar refractivity (Wildman–Crippen MR) is 95.2 cm³/mol. The highest BCUT2D eigenvalue weighted by molar-refractivity contribution is 6.07. The van der Waals surface area contributed by atoms with Crippen molar-refractivity contribution in [3.8, 4) is 11.5 Å². The van der Waals surface area contributed by atoms with Gasteiger partial charge in [0.1, 0.15) is 17.2 Å². The van der Waals surface area contributed by atoms with Gasteiger partial charge in [-0.15, -0.1) is 0 Å². The Kier molecular flexibility index (Phi) is 4.16. The zero-order valence-electron chi connectivity index (χ0n) is 14.2. The molecule has 1 amide bonds. The number of amides is 1. The fourth-order valence-corrected chi connectivity index (χ4v) is 2.77. The highest BCUT2D eigenvalue weighted by atomic mass is 16.5. The molecule has 2 aromatic carbocycles. The van der Waals surface area contributed by atoms with Crippen LogP contribution in [0.15, 0.2) is 48.5 Å². The van der Waals surface area contributed by atoms with Gasteiger partial charge < -0.3 is 18.9 Å². The molecule has 5 heteroatoms. The summed E-state index contributed by atoms with van der Waals surface area (Å²) in [5, 5.41) is 0.972. The first kappa shape index (κ1) is 15.9. The maximum atomic E-state index is 12.9. The van der Waals surface area contributed by atoms with Gasteiger partial charge in [0.2, 0.25) is 0 Å². The summed E-state index contributed by atoms with van der Waals surface area (Å²) >= 11 is 0. The second kappa shape index (κ2) is 6.28. The number of aryl methyl sites for hydroxylation is 1. The summed E-state index contributed by atoms with van der Waals surface area (Å²) in [5.74, 6) is 1.41. The first-order valence-electron chi connectivity index (χ1n) is 7.60. The van der Waals surface area contributed by atoms with Crippen molar-refractivity contribution in [2.75, 3.05) is 26.2 Å². The molecule has 3 rings (SSSR count). The van der Waals surface area contributed by atoms with Crippen LogP contribution >= 0.6 is 0 Å². The Morgan fingerprint density at radius 2 is 1.71 bits per heavy atom. The Hall–Kier alpha value is -2.95. The van der Waals surface area contributed by atoms with Gasteiger partial charge in [0.25, 0.3) is 5.91 Å². The molecule has 0 atom stereocenters. The molecule has 0 spiro atoms. The van der Waals surface area contributed by atoms with Gasteiger partial charge in [-0.05, 0) is 36.4 Å². The monoisotopic (exact) mass is 324 g/mol. The van der Waals surface area contributed by atoms with Crippen LogP contribution in [0.3, 0.4) is 0 Å². The molecule has 1 aromatic heterocycles. The summed E-state index contributed by atoms with van der Waals surface area (Å²) in [6.45, 7) is 0. The molecule has 0 aliphatic carbocycles. The predicted octanol–water partition coefficient (Wildman–Crippen LogP) is 3.47. The average Bonchev–Trinajstić information content (AvgIpc) is 2.96. The number of carbonyl (C=O) groups excluding carboxylic acids is 1. The van der Waals surface area contributed by atoms with E-state index >= 15 is 0 Å². The van der Waals surface area contributed by atoms with Crippen LogP contribution < -0.4 is 14.4 Å². The van der Waals surface area contributed by atoms with Crippen LogP contribution in [0.4, 0.5) is 5.69 Å². The SMILES string of the molecule is COc1cccc(N(C)C(=O)c2cc3cc(OC)ccc3n2C)c1. The van der Waals surface area contributed by atoms with Crippen LogP contribution in [-0.2, 0) is 7.05 Å². The van der Waals surface area contributed by atoms with Gasteiger partial charge in [0.05, 0.1) is 14.2 Å². The minimum atomic E-state index is -0.0825. The zero-order valence-corrected chi connectivity index (χ0v) is 14.2. The molecule has 124 valence electrons. The van der Waals surface area contributed by atoms with Gasteiger partial charge in [0.15, 0.2) is 0 Å². The minimum Gasteiger partial charge on any atom is -0.497 e. The maximum Gasteiger partial charge on any atom is 0.274 e. The molecule has 0 N–H and O–H groups in total. The van der Waals surface area contributed by atoms with E-state index in [1.165, 1.54) is 0 Å². The van der Waals surface area contributed by atoms with Crippen molar-refractivity contribution < 1.29 is 14.3 Å². The van der Waals surface area contributed by atoms with Crippen LogP contribution in [0, 0.1) is 0 Å². The lowest BCUT2D eigenvalue weighted by Crippen LogP contribution is -2.27. The first-order chi connectivity index (χ1) is 11.5. The molecule has 0 aliphatic heterocycles. The quantitative estimate of drug-likeness (QED) is 0.738. The summed E-state index contributed by atoms with van der Waals surface area (Å²) in [4.78, 5) is 14.5. The highest BCUT2D eigenvalue weighted by Gasteiger charge is 2.19. The van der Waals surface area contributed by atoms with Crippen molar-refractivity contribution in [1.29, 1.82) is 0 Å². The van der Waals surface area contributed by atoms with Gasteiger partial charge >= 0.3 is 0 Å². The number of hydrogen-bond donors (Lipinski definition) is 0. The Balaban J connectivity index is 1.99.